The molecule has 0 radical (unpaired) electrons. The summed E-state index contributed by atoms with van der Waals surface area (Å²) in [6.07, 6.45) is 0.681. The highest BCUT2D eigenvalue weighted by atomic mass is 32.1. The normalized spacial score (nSPS) is 16.2. The zero-order chi connectivity index (χ0) is 20.1. The molecule has 2 aromatic carbocycles. The first-order valence-electron chi connectivity index (χ1n) is 9.22. The number of anilines is 1. The number of rotatable bonds is 6. The highest BCUT2D eigenvalue weighted by molar-refractivity contribution is 7.80. The van der Waals surface area contributed by atoms with Crippen LogP contribution in [0, 0.1) is 0 Å². The molecule has 1 heterocycles. The highest BCUT2D eigenvalue weighted by Gasteiger charge is 2.30. The second-order valence-corrected chi connectivity index (χ2v) is 7.34. The van der Waals surface area contributed by atoms with Gasteiger partial charge in [0, 0.05) is 31.9 Å². The van der Waals surface area contributed by atoms with Gasteiger partial charge in [0.25, 0.3) is 0 Å². The maximum atomic E-state index is 12.9. The Hall–Kier alpha value is -2.86. The number of carbonyl (C=O) groups excluding carboxylic acids is 1. The van der Waals surface area contributed by atoms with Crippen LogP contribution in [-0.4, -0.2) is 31.8 Å². The molecule has 0 aromatic heterocycles. The predicted molar refractivity (Wildman–Crippen MR) is 116 cm³/mol. The molecule has 0 amide bonds. The van der Waals surface area contributed by atoms with E-state index in [1.165, 1.54) is 0 Å². The van der Waals surface area contributed by atoms with Crippen LogP contribution in [0.4, 0.5) is 5.69 Å². The fourth-order valence-electron chi connectivity index (χ4n) is 3.16. The number of esters is 1. The highest BCUT2D eigenvalue weighted by Crippen LogP contribution is 2.29. The number of thiocarbonyl (C=S) groups is 1. The lowest BCUT2D eigenvalue weighted by Gasteiger charge is -2.30. The topological polar surface area (TPSA) is 53.6 Å². The van der Waals surface area contributed by atoms with Gasteiger partial charge in [-0.2, -0.15) is 0 Å². The lowest BCUT2D eigenvalue weighted by Crippen LogP contribution is -2.45. The summed E-state index contributed by atoms with van der Waals surface area (Å²) in [4.78, 5) is 14.9. The number of nitrogens with zero attached hydrogens (tertiary/aromatic N) is 1. The number of hydrogen-bond acceptors (Lipinski definition) is 4. The minimum absolute atomic E-state index is 0.330. The zero-order valence-electron chi connectivity index (χ0n) is 16.4. The molecule has 0 aliphatic carbocycles. The summed E-state index contributed by atoms with van der Waals surface area (Å²) in [6, 6.07) is 17.7. The molecular weight excluding hydrogens is 370 g/mol. The first kappa shape index (κ1) is 19.9. The third-order valence-corrected chi connectivity index (χ3v) is 4.92. The fraction of sp³-hybridized carbons (Fsp3) is 0.273. The molecule has 146 valence electrons. The summed E-state index contributed by atoms with van der Waals surface area (Å²) in [6.45, 7) is 2.18. The first-order chi connectivity index (χ1) is 13.5. The third kappa shape index (κ3) is 4.70. The molecule has 28 heavy (non-hydrogen) atoms. The maximum absolute atomic E-state index is 12.9. The van der Waals surface area contributed by atoms with Gasteiger partial charge in [-0.1, -0.05) is 42.5 Å². The monoisotopic (exact) mass is 395 g/mol. The second-order valence-electron chi connectivity index (χ2n) is 6.93. The van der Waals surface area contributed by atoms with Crippen molar-refractivity contribution in [2.24, 2.45) is 0 Å². The quantitative estimate of drug-likeness (QED) is 0.578. The molecule has 1 aliphatic rings. The molecule has 0 saturated heterocycles. The van der Waals surface area contributed by atoms with Crippen molar-refractivity contribution < 1.29 is 9.53 Å². The Labute approximate surface area is 171 Å². The summed E-state index contributed by atoms with van der Waals surface area (Å²) in [5, 5.41) is 6.74. The van der Waals surface area contributed by atoms with E-state index < -0.39 is 0 Å². The molecular formula is C22H25N3O2S. The van der Waals surface area contributed by atoms with Gasteiger partial charge in [0.2, 0.25) is 0 Å². The van der Waals surface area contributed by atoms with Crippen molar-refractivity contribution in [2.45, 2.75) is 19.4 Å². The molecule has 3 rings (SSSR count). The van der Waals surface area contributed by atoms with Crippen LogP contribution in [0.1, 0.15) is 24.1 Å². The molecule has 2 N–H and O–H groups in total. The van der Waals surface area contributed by atoms with Crippen LogP contribution in [0.3, 0.4) is 0 Å². The molecule has 5 nitrogen and oxygen atoms in total. The van der Waals surface area contributed by atoms with Crippen molar-refractivity contribution in [3.8, 4) is 0 Å². The van der Waals surface area contributed by atoms with Crippen molar-refractivity contribution in [2.75, 3.05) is 25.6 Å². The minimum Gasteiger partial charge on any atom is -0.462 e. The molecule has 1 aliphatic heterocycles. The summed E-state index contributed by atoms with van der Waals surface area (Å²) in [7, 11) is 3.99. The van der Waals surface area contributed by atoms with Crippen LogP contribution in [-0.2, 0) is 16.0 Å². The van der Waals surface area contributed by atoms with Crippen LogP contribution < -0.4 is 15.5 Å². The SMILES string of the molecule is CC1=C(C(=O)OCCc2ccccc2)[C@H](c2ccc(N(C)C)cc2)NC(=S)N1. The third-order valence-electron chi connectivity index (χ3n) is 4.70. The van der Waals surface area contributed by atoms with Crippen LogP contribution >= 0.6 is 12.2 Å². The van der Waals surface area contributed by atoms with Crippen molar-refractivity contribution in [1.82, 2.24) is 10.6 Å². The summed E-state index contributed by atoms with van der Waals surface area (Å²) < 4.78 is 5.58. The van der Waals surface area contributed by atoms with Gasteiger partial charge in [-0.25, -0.2) is 4.79 Å². The zero-order valence-corrected chi connectivity index (χ0v) is 17.2. The number of hydrogen-bond donors (Lipinski definition) is 2. The lowest BCUT2D eigenvalue weighted by molar-refractivity contribution is -0.139. The molecule has 1 atom stereocenters. The Kier molecular flexibility index (Phi) is 6.31. The molecule has 0 bridgehead atoms. The van der Waals surface area contributed by atoms with E-state index in [1.807, 2.05) is 80.5 Å². The molecule has 0 unspecified atom stereocenters. The molecule has 0 fully saturated rings. The average Bonchev–Trinajstić information content (AvgIpc) is 2.68. The van der Waals surface area contributed by atoms with Gasteiger partial charge in [0.05, 0.1) is 18.2 Å². The molecule has 2 aromatic rings. The molecule has 0 spiro atoms. The second kappa shape index (κ2) is 8.89. The summed E-state index contributed by atoms with van der Waals surface area (Å²) in [5.74, 6) is -0.336. The predicted octanol–water partition coefficient (Wildman–Crippen LogP) is 3.33. The van der Waals surface area contributed by atoms with Crippen LogP contribution in [0.15, 0.2) is 65.9 Å². The number of ether oxygens (including phenoxy) is 1. The summed E-state index contributed by atoms with van der Waals surface area (Å²) in [5.41, 5.74) is 4.46. The van der Waals surface area contributed by atoms with Crippen molar-refractivity contribution in [3.05, 3.63) is 77.0 Å². The van der Waals surface area contributed by atoms with E-state index in [0.29, 0.717) is 23.7 Å². The lowest BCUT2D eigenvalue weighted by atomic mass is 9.95. The van der Waals surface area contributed by atoms with Gasteiger partial charge in [-0.15, -0.1) is 0 Å². The van der Waals surface area contributed by atoms with Gasteiger partial charge < -0.3 is 20.3 Å². The first-order valence-corrected chi connectivity index (χ1v) is 9.63. The van der Waals surface area contributed by atoms with Gasteiger partial charge in [0.15, 0.2) is 5.11 Å². The Morgan fingerprint density at radius 3 is 2.43 bits per heavy atom. The molecule has 6 heteroatoms. The van der Waals surface area contributed by atoms with E-state index in [-0.39, 0.29) is 12.0 Å². The Bertz CT molecular complexity index is 876. The van der Waals surface area contributed by atoms with E-state index in [4.69, 9.17) is 17.0 Å². The van der Waals surface area contributed by atoms with Gasteiger partial charge in [-0.3, -0.25) is 0 Å². The van der Waals surface area contributed by atoms with E-state index in [1.54, 1.807) is 0 Å². The van der Waals surface area contributed by atoms with Gasteiger partial charge >= 0.3 is 5.97 Å². The van der Waals surface area contributed by atoms with Crippen LogP contribution in [0.5, 0.6) is 0 Å². The number of nitrogens with one attached hydrogen (secondary N) is 2. The van der Waals surface area contributed by atoms with Crippen LogP contribution in [0.2, 0.25) is 0 Å². The standard InChI is InChI=1S/C22H25N3O2S/c1-15-19(21(26)27-14-13-16-7-5-4-6-8-16)20(24-22(28)23-15)17-9-11-18(12-10-17)25(2)3/h4-12,20H,13-14H2,1-3H3,(H2,23,24,28)/t20-/m0/s1. The van der Waals surface area contributed by atoms with E-state index in [0.717, 1.165) is 22.5 Å². The van der Waals surface area contributed by atoms with Gasteiger partial charge in [0.1, 0.15) is 0 Å². The smallest absolute Gasteiger partial charge is 0.338 e. The Morgan fingerprint density at radius 2 is 1.79 bits per heavy atom. The largest absolute Gasteiger partial charge is 0.462 e. The van der Waals surface area contributed by atoms with Crippen molar-refractivity contribution in [1.29, 1.82) is 0 Å². The molecule has 0 saturated carbocycles. The number of carbonyl (C=O) groups is 1. The maximum Gasteiger partial charge on any atom is 0.338 e. The Morgan fingerprint density at radius 1 is 1.11 bits per heavy atom. The van der Waals surface area contributed by atoms with E-state index in [2.05, 4.69) is 10.6 Å². The van der Waals surface area contributed by atoms with Crippen LogP contribution in [0.25, 0.3) is 0 Å². The van der Waals surface area contributed by atoms with E-state index in [9.17, 15) is 4.79 Å². The number of benzene rings is 2. The average molecular weight is 396 g/mol. The van der Waals surface area contributed by atoms with Crippen molar-refractivity contribution in [3.63, 3.8) is 0 Å². The Balaban J connectivity index is 1.76. The van der Waals surface area contributed by atoms with E-state index >= 15 is 0 Å². The fourth-order valence-corrected chi connectivity index (χ4v) is 3.43. The van der Waals surface area contributed by atoms with Gasteiger partial charge in [-0.05, 0) is 42.4 Å². The minimum atomic E-state index is -0.339. The number of allylic oxidation sites excluding steroid dienone is 1. The summed E-state index contributed by atoms with van der Waals surface area (Å²) >= 11 is 5.30. The van der Waals surface area contributed by atoms with Crippen molar-refractivity contribution >= 4 is 29.0 Å².